The Bertz CT molecular complexity index is 277. The second kappa shape index (κ2) is 5.13. The van der Waals surface area contributed by atoms with Gasteiger partial charge in [-0.2, -0.15) is 0 Å². The standard InChI is InChI=1S/C16H32N2/c1-13-8-14(2)10-18(9-13)16(12-17)7-5-6-15(3,4)11-16/h13-14H,5-12,17H2,1-4H3. The molecule has 2 nitrogen and oxygen atoms in total. The van der Waals surface area contributed by atoms with Crippen LogP contribution in [0.1, 0.15) is 59.8 Å². The van der Waals surface area contributed by atoms with Gasteiger partial charge >= 0.3 is 0 Å². The second-order valence-corrected chi connectivity index (χ2v) is 7.97. The molecule has 0 aromatic carbocycles. The van der Waals surface area contributed by atoms with Gasteiger partial charge in [0.25, 0.3) is 0 Å². The van der Waals surface area contributed by atoms with Gasteiger partial charge in [0.1, 0.15) is 0 Å². The average molecular weight is 252 g/mol. The zero-order valence-electron chi connectivity index (χ0n) is 12.8. The Labute approximate surface area is 113 Å². The number of rotatable bonds is 2. The minimum atomic E-state index is 0.296. The van der Waals surface area contributed by atoms with Crippen LogP contribution in [0.5, 0.6) is 0 Å². The molecule has 0 aromatic rings. The monoisotopic (exact) mass is 252 g/mol. The molecule has 1 aliphatic heterocycles. The Morgan fingerprint density at radius 1 is 1.11 bits per heavy atom. The van der Waals surface area contributed by atoms with Crippen LogP contribution in [-0.2, 0) is 0 Å². The van der Waals surface area contributed by atoms with E-state index in [2.05, 4.69) is 32.6 Å². The molecule has 1 aliphatic carbocycles. The Kier molecular flexibility index (Phi) is 4.08. The molecule has 0 radical (unpaired) electrons. The summed E-state index contributed by atoms with van der Waals surface area (Å²) in [5.74, 6) is 1.67. The summed E-state index contributed by atoms with van der Waals surface area (Å²) < 4.78 is 0. The van der Waals surface area contributed by atoms with Crippen molar-refractivity contribution >= 4 is 0 Å². The van der Waals surface area contributed by atoms with E-state index in [-0.39, 0.29) is 0 Å². The van der Waals surface area contributed by atoms with E-state index in [1.165, 1.54) is 45.2 Å². The summed E-state index contributed by atoms with van der Waals surface area (Å²) in [6.07, 6.45) is 6.71. The molecule has 3 unspecified atom stereocenters. The zero-order chi connectivity index (χ0) is 13.4. The van der Waals surface area contributed by atoms with Gasteiger partial charge in [-0.3, -0.25) is 4.90 Å². The summed E-state index contributed by atoms with van der Waals surface area (Å²) in [7, 11) is 0. The fourth-order valence-electron chi connectivity index (χ4n) is 4.59. The zero-order valence-corrected chi connectivity index (χ0v) is 12.8. The van der Waals surface area contributed by atoms with E-state index in [9.17, 15) is 0 Å². The van der Waals surface area contributed by atoms with Crippen molar-refractivity contribution in [3.63, 3.8) is 0 Å². The number of nitrogens with zero attached hydrogens (tertiary/aromatic N) is 1. The Balaban J connectivity index is 2.15. The van der Waals surface area contributed by atoms with Gasteiger partial charge in [-0.05, 0) is 42.9 Å². The normalized spacial score (nSPS) is 41.8. The maximum atomic E-state index is 6.24. The highest BCUT2D eigenvalue weighted by Gasteiger charge is 2.44. The first-order chi connectivity index (χ1) is 8.37. The minimum absolute atomic E-state index is 0.296. The highest BCUT2D eigenvalue weighted by atomic mass is 15.2. The fraction of sp³-hybridized carbons (Fsp3) is 1.00. The van der Waals surface area contributed by atoms with Gasteiger partial charge in [0.15, 0.2) is 0 Å². The van der Waals surface area contributed by atoms with E-state index in [1.807, 2.05) is 0 Å². The number of nitrogens with two attached hydrogens (primary N) is 1. The van der Waals surface area contributed by atoms with Crippen LogP contribution in [0.15, 0.2) is 0 Å². The highest BCUT2D eigenvalue weighted by Crippen LogP contribution is 2.45. The maximum absolute atomic E-state index is 6.24. The first-order valence-corrected chi connectivity index (χ1v) is 7.82. The van der Waals surface area contributed by atoms with Crippen LogP contribution in [0, 0.1) is 17.3 Å². The fourth-order valence-corrected chi connectivity index (χ4v) is 4.59. The molecule has 18 heavy (non-hydrogen) atoms. The maximum Gasteiger partial charge on any atom is 0.0337 e. The summed E-state index contributed by atoms with van der Waals surface area (Å²) in [6, 6.07) is 0. The molecule has 2 heteroatoms. The van der Waals surface area contributed by atoms with Crippen molar-refractivity contribution in [2.45, 2.75) is 65.3 Å². The van der Waals surface area contributed by atoms with E-state index >= 15 is 0 Å². The van der Waals surface area contributed by atoms with Crippen LogP contribution in [-0.4, -0.2) is 30.1 Å². The number of hydrogen-bond donors (Lipinski definition) is 1. The number of hydrogen-bond acceptors (Lipinski definition) is 2. The molecule has 2 aliphatic rings. The molecule has 1 saturated heterocycles. The molecule has 2 fully saturated rings. The third-order valence-corrected chi connectivity index (χ3v) is 5.22. The van der Waals surface area contributed by atoms with Crippen LogP contribution in [0.3, 0.4) is 0 Å². The highest BCUT2D eigenvalue weighted by molar-refractivity contribution is 5.01. The largest absolute Gasteiger partial charge is 0.329 e. The summed E-state index contributed by atoms with van der Waals surface area (Å²) >= 11 is 0. The van der Waals surface area contributed by atoms with Crippen LogP contribution >= 0.6 is 0 Å². The average Bonchev–Trinajstić information content (AvgIpc) is 2.26. The van der Waals surface area contributed by atoms with Crippen LogP contribution < -0.4 is 5.73 Å². The lowest BCUT2D eigenvalue weighted by Crippen LogP contribution is -2.61. The molecule has 3 atom stereocenters. The SMILES string of the molecule is CC1CC(C)CN(C2(CN)CCCC(C)(C)C2)C1. The molecule has 0 bridgehead atoms. The number of likely N-dealkylation sites (tertiary alicyclic amines) is 1. The minimum Gasteiger partial charge on any atom is -0.329 e. The topological polar surface area (TPSA) is 29.3 Å². The second-order valence-electron chi connectivity index (χ2n) is 7.97. The van der Waals surface area contributed by atoms with Crippen LogP contribution in [0.2, 0.25) is 0 Å². The van der Waals surface area contributed by atoms with Gasteiger partial charge < -0.3 is 5.73 Å². The lowest BCUT2D eigenvalue weighted by atomic mass is 9.66. The predicted molar refractivity (Wildman–Crippen MR) is 78.6 cm³/mol. The third kappa shape index (κ3) is 2.91. The molecule has 1 heterocycles. The molecule has 106 valence electrons. The van der Waals surface area contributed by atoms with Gasteiger partial charge in [-0.1, -0.05) is 34.1 Å². The summed E-state index contributed by atoms with van der Waals surface area (Å²) in [5.41, 5.74) is 7.01. The van der Waals surface area contributed by atoms with E-state index < -0.39 is 0 Å². The van der Waals surface area contributed by atoms with E-state index in [1.54, 1.807) is 0 Å². The molecular weight excluding hydrogens is 220 g/mol. The summed E-state index contributed by atoms with van der Waals surface area (Å²) in [4.78, 5) is 2.76. The van der Waals surface area contributed by atoms with Crippen molar-refractivity contribution in [3.05, 3.63) is 0 Å². The van der Waals surface area contributed by atoms with Gasteiger partial charge in [0.05, 0.1) is 0 Å². The third-order valence-electron chi connectivity index (χ3n) is 5.22. The molecule has 2 rings (SSSR count). The Hall–Kier alpha value is -0.0800. The van der Waals surface area contributed by atoms with Crippen molar-refractivity contribution in [1.82, 2.24) is 4.90 Å². The van der Waals surface area contributed by atoms with Crippen molar-refractivity contribution in [1.29, 1.82) is 0 Å². The summed E-state index contributed by atoms with van der Waals surface area (Å²) in [5, 5.41) is 0. The molecule has 2 N–H and O–H groups in total. The van der Waals surface area contributed by atoms with Crippen molar-refractivity contribution < 1.29 is 0 Å². The van der Waals surface area contributed by atoms with Crippen molar-refractivity contribution in [2.75, 3.05) is 19.6 Å². The van der Waals surface area contributed by atoms with Gasteiger partial charge in [0.2, 0.25) is 0 Å². The summed E-state index contributed by atoms with van der Waals surface area (Å²) in [6.45, 7) is 13.0. The van der Waals surface area contributed by atoms with Gasteiger partial charge in [-0.15, -0.1) is 0 Å². The first kappa shape index (κ1) is 14.3. The van der Waals surface area contributed by atoms with Gasteiger partial charge in [0, 0.05) is 25.2 Å². The lowest BCUT2D eigenvalue weighted by Gasteiger charge is -2.54. The molecule has 0 amide bonds. The predicted octanol–water partition coefficient (Wildman–Crippen LogP) is 3.26. The quantitative estimate of drug-likeness (QED) is 0.817. The van der Waals surface area contributed by atoms with Crippen molar-refractivity contribution in [2.24, 2.45) is 23.0 Å². The number of piperidine rings is 1. The van der Waals surface area contributed by atoms with E-state index in [4.69, 9.17) is 5.73 Å². The van der Waals surface area contributed by atoms with Gasteiger partial charge in [-0.25, -0.2) is 0 Å². The van der Waals surface area contributed by atoms with Crippen molar-refractivity contribution in [3.8, 4) is 0 Å². The first-order valence-electron chi connectivity index (χ1n) is 7.82. The molecule has 0 aromatic heterocycles. The van der Waals surface area contributed by atoms with E-state index in [0.29, 0.717) is 11.0 Å². The smallest absolute Gasteiger partial charge is 0.0337 e. The Morgan fingerprint density at radius 2 is 1.72 bits per heavy atom. The van der Waals surface area contributed by atoms with E-state index in [0.717, 1.165) is 18.4 Å². The molecule has 0 spiro atoms. The van der Waals surface area contributed by atoms with Crippen LogP contribution in [0.25, 0.3) is 0 Å². The molecular formula is C16H32N2. The Morgan fingerprint density at radius 3 is 2.22 bits per heavy atom. The van der Waals surface area contributed by atoms with Crippen LogP contribution in [0.4, 0.5) is 0 Å². The molecule has 1 saturated carbocycles. The lowest BCUT2D eigenvalue weighted by molar-refractivity contribution is -0.0265.